The van der Waals surface area contributed by atoms with E-state index in [1.807, 2.05) is 39.1 Å². The number of pyridine rings is 1. The van der Waals surface area contributed by atoms with E-state index in [0.29, 0.717) is 11.6 Å². The smallest absolute Gasteiger partial charge is 0.274 e. The number of hydrogen-bond acceptors (Lipinski definition) is 3. The molecular weight excluding hydrogens is 276 g/mol. The average Bonchev–Trinajstić information content (AvgIpc) is 3.32. The highest BCUT2D eigenvalue weighted by Gasteiger charge is 2.26. The first-order valence-electron chi connectivity index (χ1n) is 7.64. The zero-order valence-corrected chi connectivity index (χ0v) is 13.6. The standard InChI is InChI=1S/C18H22N2O2/c1-11-5-10-16(22-4)12(2)17(11)19-14-8-9-15(13-6-7-13)20(3)18(14)21/h5,8-10,13,19H,6-7H2,1-4H3. The molecule has 3 rings (SSSR count). The van der Waals surface area contributed by atoms with E-state index < -0.39 is 0 Å². The van der Waals surface area contributed by atoms with Crippen LogP contribution in [-0.2, 0) is 7.05 Å². The fourth-order valence-corrected chi connectivity index (χ4v) is 2.91. The number of methoxy groups -OCH3 is 1. The number of nitrogens with one attached hydrogen (secondary N) is 1. The van der Waals surface area contributed by atoms with E-state index in [2.05, 4.69) is 11.4 Å². The average molecular weight is 298 g/mol. The second kappa shape index (κ2) is 5.52. The second-order valence-electron chi connectivity index (χ2n) is 6.02. The van der Waals surface area contributed by atoms with Crippen LogP contribution in [-0.4, -0.2) is 11.7 Å². The highest BCUT2D eigenvalue weighted by molar-refractivity contribution is 5.69. The molecule has 0 radical (unpaired) electrons. The van der Waals surface area contributed by atoms with E-state index in [9.17, 15) is 4.79 Å². The quantitative estimate of drug-likeness (QED) is 0.937. The highest BCUT2D eigenvalue weighted by Crippen LogP contribution is 2.39. The van der Waals surface area contributed by atoms with E-state index in [0.717, 1.165) is 28.3 Å². The van der Waals surface area contributed by atoms with Crippen LogP contribution in [0.3, 0.4) is 0 Å². The Hall–Kier alpha value is -2.23. The highest BCUT2D eigenvalue weighted by atomic mass is 16.5. The molecule has 1 aliphatic rings. The fourth-order valence-electron chi connectivity index (χ4n) is 2.91. The summed E-state index contributed by atoms with van der Waals surface area (Å²) >= 11 is 0. The molecule has 1 aliphatic carbocycles. The Morgan fingerprint density at radius 2 is 1.91 bits per heavy atom. The molecule has 4 heteroatoms. The van der Waals surface area contributed by atoms with Crippen molar-refractivity contribution in [2.24, 2.45) is 7.05 Å². The molecule has 0 unspecified atom stereocenters. The summed E-state index contributed by atoms with van der Waals surface area (Å²) in [6.07, 6.45) is 2.38. The van der Waals surface area contributed by atoms with Gasteiger partial charge in [0, 0.05) is 24.0 Å². The zero-order valence-electron chi connectivity index (χ0n) is 13.6. The summed E-state index contributed by atoms with van der Waals surface area (Å²) in [7, 11) is 3.51. The van der Waals surface area contributed by atoms with E-state index in [-0.39, 0.29) is 5.56 Å². The lowest BCUT2D eigenvalue weighted by molar-refractivity contribution is 0.412. The predicted octanol–water partition coefficient (Wildman–Crippen LogP) is 3.63. The van der Waals surface area contributed by atoms with Gasteiger partial charge in [0.05, 0.1) is 7.11 Å². The third-order valence-corrected chi connectivity index (χ3v) is 4.44. The summed E-state index contributed by atoms with van der Waals surface area (Å²) in [5.74, 6) is 1.38. The molecule has 4 nitrogen and oxygen atoms in total. The van der Waals surface area contributed by atoms with E-state index in [4.69, 9.17) is 4.74 Å². The van der Waals surface area contributed by atoms with Crippen LogP contribution in [0.2, 0.25) is 0 Å². The van der Waals surface area contributed by atoms with Gasteiger partial charge in [-0.25, -0.2) is 0 Å². The summed E-state index contributed by atoms with van der Waals surface area (Å²) < 4.78 is 7.14. The molecule has 2 aromatic rings. The molecule has 0 spiro atoms. The minimum absolute atomic E-state index is 0.0195. The lowest BCUT2D eigenvalue weighted by atomic mass is 10.1. The van der Waals surface area contributed by atoms with Crippen molar-refractivity contribution in [3.05, 3.63) is 51.4 Å². The summed E-state index contributed by atoms with van der Waals surface area (Å²) in [5.41, 5.74) is 4.80. The number of nitrogens with zero attached hydrogens (tertiary/aromatic N) is 1. The molecular formula is C18H22N2O2. The van der Waals surface area contributed by atoms with Gasteiger partial charge in [0.1, 0.15) is 11.4 Å². The van der Waals surface area contributed by atoms with Gasteiger partial charge < -0.3 is 14.6 Å². The van der Waals surface area contributed by atoms with Gasteiger partial charge in [0.2, 0.25) is 0 Å². The van der Waals surface area contributed by atoms with E-state index in [1.54, 1.807) is 11.7 Å². The normalized spacial score (nSPS) is 14.0. The topological polar surface area (TPSA) is 43.3 Å². The Kier molecular flexibility index (Phi) is 3.69. The maximum absolute atomic E-state index is 12.6. The number of aromatic nitrogens is 1. The molecule has 1 heterocycles. The lowest BCUT2D eigenvalue weighted by Gasteiger charge is -2.16. The molecule has 1 saturated carbocycles. The van der Waals surface area contributed by atoms with Crippen molar-refractivity contribution in [2.75, 3.05) is 12.4 Å². The van der Waals surface area contributed by atoms with Gasteiger partial charge in [-0.3, -0.25) is 4.79 Å². The Bertz CT molecular complexity index is 773. The lowest BCUT2D eigenvalue weighted by Crippen LogP contribution is -2.22. The van der Waals surface area contributed by atoms with Crippen molar-refractivity contribution in [3.63, 3.8) is 0 Å². The van der Waals surface area contributed by atoms with Crippen molar-refractivity contribution in [2.45, 2.75) is 32.6 Å². The van der Waals surface area contributed by atoms with Crippen LogP contribution in [0.4, 0.5) is 11.4 Å². The first-order valence-corrected chi connectivity index (χ1v) is 7.64. The molecule has 0 aliphatic heterocycles. The van der Waals surface area contributed by atoms with Crippen molar-refractivity contribution in [1.82, 2.24) is 4.57 Å². The van der Waals surface area contributed by atoms with Crippen LogP contribution >= 0.6 is 0 Å². The minimum Gasteiger partial charge on any atom is -0.496 e. The second-order valence-corrected chi connectivity index (χ2v) is 6.02. The van der Waals surface area contributed by atoms with Crippen LogP contribution < -0.4 is 15.6 Å². The first kappa shape index (κ1) is 14.7. The molecule has 22 heavy (non-hydrogen) atoms. The van der Waals surface area contributed by atoms with Gasteiger partial charge in [0.25, 0.3) is 5.56 Å². The summed E-state index contributed by atoms with van der Waals surface area (Å²) in [6, 6.07) is 7.90. The number of rotatable bonds is 4. The van der Waals surface area contributed by atoms with E-state index in [1.165, 1.54) is 12.8 Å². The SMILES string of the molecule is COc1ccc(C)c(Nc2ccc(C3CC3)n(C)c2=O)c1C. The Labute approximate surface area is 130 Å². The molecule has 0 bridgehead atoms. The Morgan fingerprint density at radius 3 is 2.55 bits per heavy atom. The van der Waals surface area contributed by atoms with Crippen molar-refractivity contribution in [1.29, 1.82) is 0 Å². The van der Waals surface area contributed by atoms with Gasteiger partial charge in [-0.05, 0) is 56.4 Å². The van der Waals surface area contributed by atoms with Gasteiger partial charge in [-0.2, -0.15) is 0 Å². The summed E-state index contributed by atoms with van der Waals surface area (Å²) in [5, 5.41) is 3.30. The number of anilines is 2. The molecule has 1 aromatic carbocycles. The van der Waals surface area contributed by atoms with Crippen molar-refractivity contribution < 1.29 is 4.74 Å². The van der Waals surface area contributed by atoms with Crippen LogP contribution in [0.5, 0.6) is 5.75 Å². The van der Waals surface area contributed by atoms with Crippen molar-refractivity contribution >= 4 is 11.4 Å². The minimum atomic E-state index is 0.0195. The zero-order chi connectivity index (χ0) is 15.9. The van der Waals surface area contributed by atoms with Crippen LogP contribution in [0, 0.1) is 13.8 Å². The molecule has 0 atom stereocenters. The van der Waals surface area contributed by atoms with Crippen LogP contribution in [0.1, 0.15) is 35.6 Å². The Morgan fingerprint density at radius 1 is 1.18 bits per heavy atom. The van der Waals surface area contributed by atoms with E-state index >= 15 is 0 Å². The molecule has 0 amide bonds. The van der Waals surface area contributed by atoms with Gasteiger partial charge >= 0.3 is 0 Å². The largest absolute Gasteiger partial charge is 0.496 e. The predicted molar refractivity (Wildman–Crippen MR) is 89.4 cm³/mol. The number of ether oxygens (including phenoxy) is 1. The number of aryl methyl sites for hydroxylation is 1. The van der Waals surface area contributed by atoms with Gasteiger partial charge in [-0.15, -0.1) is 0 Å². The molecule has 1 fully saturated rings. The fraction of sp³-hybridized carbons (Fsp3) is 0.389. The number of benzene rings is 1. The molecule has 1 N–H and O–H groups in total. The molecule has 1 aromatic heterocycles. The Balaban J connectivity index is 2.00. The summed E-state index contributed by atoms with van der Waals surface area (Å²) in [4.78, 5) is 12.6. The van der Waals surface area contributed by atoms with Gasteiger partial charge in [0.15, 0.2) is 0 Å². The monoisotopic (exact) mass is 298 g/mol. The van der Waals surface area contributed by atoms with Crippen molar-refractivity contribution in [3.8, 4) is 5.75 Å². The molecule has 0 saturated heterocycles. The van der Waals surface area contributed by atoms with Gasteiger partial charge in [-0.1, -0.05) is 6.07 Å². The molecule has 116 valence electrons. The van der Waals surface area contributed by atoms with Crippen LogP contribution in [0.15, 0.2) is 29.1 Å². The van der Waals surface area contributed by atoms with Crippen LogP contribution in [0.25, 0.3) is 0 Å². The third-order valence-electron chi connectivity index (χ3n) is 4.44. The first-order chi connectivity index (χ1) is 10.5. The third kappa shape index (κ3) is 2.49. The maximum Gasteiger partial charge on any atom is 0.274 e. The maximum atomic E-state index is 12.6. The summed E-state index contributed by atoms with van der Waals surface area (Å²) in [6.45, 7) is 4.02. The number of hydrogen-bond donors (Lipinski definition) is 1.